The van der Waals surface area contributed by atoms with Gasteiger partial charge in [-0.05, 0) is 44.2 Å². The van der Waals surface area contributed by atoms with Crippen LogP contribution in [0.4, 0.5) is 0 Å². The molecule has 21 heavy (non-hydrogen) atoms. The Hall–Kier alpha value is -1.56. The third-order valence-corrected chi connectivity index (χ3v) is 5.38. The Labute approximate surface area is 127 Å². The first-order chi connectivity index (χ1) is 10.1. The number of fused-ring (bicyclic) bond motifs is 1. The molecule has 5 nitrogen and oxygen atoms in total. The van der Waals surface area contributed by atoms with Gasteiger partial charge in [-0.25, -0.2) is 9.97 Å². The third-order valence-electron chi connectivity index (χ3n) is 4.46. The van der Waals surface area contributed by atoms with Crippen molar-refractivity contribution in [3.63, 3.8) is 0 Å². The largest absolute Gasteiger partial charge is 0.481 e. The van der Waals surface area contributed by atoms with Gasteiger partial charge in [-0.2, -0.15) is 0 Å². The molecule has 1 N–H and O–H groups in total. The van der Waals surface area contributed by atoms with E-state index < -0.39 is 5.97 Å². The number of aromatic nitrogens is 3. The molecule has 0 aromatic carbocycles. The average Bonchev–Trinajstić information content (AvgIpc) is 2.77. The van der Waals surface area contributed by atoms with E-state index in [1.54, 1.807) is 0 Å². The predicted molar refractivity (Wildman–Crippen MR) is 82.7 cm³/mol. The van der Waals surface area contributed by atoms with Crippen LogP contribution in [0.2, 0.25) is 0 Å². The van der Waals surface area contributed by atoms with Gasteiger partial charge >= 0.3 is 5.97 Å². The van der Waals surface area contributed by atoms with Crippen LogP contribution in [0.5, 0.6) is 0 Å². The van der Waals surface area contributed by atoms with Gasteiger partial charge in [0.2, 0.25) is 0 Å². The highest BCUT2D eigenvalue weighted by Gasteiger charge is 2.40. The van der Waals surface area contributed by atoms with Gasteiger partial charge in [0.05, 0.1) is 5.75 Å². The van der Waals surface area contributed by atoms with Crippen LogP contribution in [0, 0.1) is 6.92 Å². The normalized spacial score (nSPS) is 16.9. The smallest absolute Gasteiger partial charge is 0.313 e. The number of carboxylic acid groups (broad SMARTS) is 1. The van der Waals surface area contributed by atoms with Gasteiger partial charge in [-0.15, -0.1) is 0 Å². The zero-order chi connectivity index (χ0) is 15.0. The molecule has 6 heteroatoms. The Bertz CT molecular complexity index is 686. The van der Waals surface area contributed by atoms with Crippen LogP contribution in [0.3, 0.4) is 0 Å². The Morgan fingerprint density at radius 2 is 2.29 bits per heavy atom. The van der Waals surface area contributed by atoms with Gasteiger partial charge in [0.15, 0.2) is 10.8 Å². The van der Waals surface area contributed by atoms with Gasteiger partial charge in [-0.1, -0.05) is 18.7 Å². The van der Waals surface area contributed by atoms with Crippen LogP contribution < -0.4 is 0 Å². The lowest BCUT2D eigenvalue weighted by Gasteiger charge is -2.43. The molecular formula is C15H19N3O2S. The van der Waals surface area contributed by atoms with Gasteiger partial charge in [0.25, 0.3) is 0 Å². The number of rotatable bonds is 5. The minimum Gasteiger partial charge on any atom is -0.481 e. The highest BCUT2D eigenvalue weighted by atomic mass is 32.2. The van der Waals surface area contributed by atoms with Crippen molar-refractivity contribution < 1.29 is 9.90 Å². The van der Waals surface area contributed by atoms with Crippen LogP contribution >= 0.6 is 11.8 Å². The van der Waals surface area contributed by atoms with Gasteiger partial charge < -0.3 is 5.11 Å². The van der Waals surface area contributed by atoms with Crippen molar-refractivity contribution in [2.75, 3.05) is 5.75 Å². The second kappa shape index (κ2) is 5.33. The van der Waals surface area contributed by atoms with Crippen LogP contribution in [0.15, 0.2) is 17.4 Å². The van der Waals surface area contributed by atoms with Crippen molar-refractivity contribution in [2.45, 2.75) is 50.2 Å². The molecule has 0 aliphatic heterocycles. The van der Waals surface area contributed by atoms with E-state index in [0.29, 0.717) is 0 Å². The summed E-state index contributed by atoms with van der Waals surface area (Å²) in [5.41, 5.74) is 2.94. The predicted octanol–water partition coefficient (Wildman–Crippen LogP) is 3.21. The molecule has 3 rings (SSSR count). The maximum absolute atomic E-state index is 10.9. The fourth-order valence-electron chi connectivity index (χ4n) is 3.04. The Morgan fingerprint density at radius 1 is 1.52 bits per heavy atom. The number of aryl methyl sites for hydroxylation is 1. The number of thioether (sulfide) groups is 1. The van der Waals surface area contributed by atoms with Gasteiger partial charge in [-0.3, -0.25) is 9.36 Å². The number of hydrogen-bond donors (Lipinski definition) is 1. The Kier molecular flexibility index (Phi) is 3.65. The summed E-state index contributed by atoms with van der Waals surface area (Å²) in [6.07, 6.45) is 6.27. The topological polar surface area (TPSA) is 68.0 Å². The third kappa shape index (κ3) is 2.31. The molecule has 1 fully saturated rings. The minimum atomic E-state index is -0.817. The zero-order valence-corrected chi connectivity index (χ0v) is 13.1. The summed E-state index contributed by atoms with van der Waals surface area (Å²) in [7, 11) is 0. The lowest BCUT2D eigenvalue weighted by Crippen LogP contribution is -2.40. The SMILES string of the molecule is CCC1(n2c(SCC(=O)O)nc3c(C)ccnc32)CCC1. The molecule has 112 valence electrons. The fraction of sp³-hybridized carbons (Fsp3) is 0.533. The summed E-state index contributed by atoms with van der Waals surface area (Å²) in [5, 5.41) is 9.74. The maximum atomic E-state index is 10.9. The van der Waals surface area contributed by atoms with Crippen molar-refractivity contribution in [1.29, 1.82) is 0 Å². The molecule has 0 radical (unpaired) electrons. The summed E-state index contributed by atoms with van der Waals surface area (Å²) in [4.78, 5) is 20.1. The Morgan fingerprint density at radius 3 is 2.86 bits per heavy atom. The zero-order valence-electron chi connectivity index (χ0n) is 12.3. The van der Waals surface area contributed by atoms with Crippen molar-refractivity contribution in [3.8, 4) is 0 Å². The van der Waals surface area contributed by atoms with Gasteiger partial charge in [0.1, 0.15) is 5.52 Å². The van der Waals surface area contributed by atoms with E-state index in [4.69, 9.17) is 5.11 Å². The average molecular weight is 305 g/mol. The second-order valence-electron chi connectivity index (χ2n) is 5.64. The first kappa shape index (κ1) is 14.4. The van der Waals surface area contributed by atoms with Crippen LogP contribution in [0.1, 0.15) is 38.2 Å². The summed E-state index contributed by atoms with van der Waals surface area (Å²) in [5.74, 6) is -0.787. The maximum Gasteiger partial charge on any atom is 0.313 e. The molecule has 0 saturated heterocycles. The van der Waals surface area contributed by atoms with Crippen molar-refractivity contribution >= 4 is 28.9 Å². The highest BCUT2D eigenvalue weighted by molar-refractivity contribution is 7.99. The lowest BCUT2D eigenvalue weighted by molar-refractivity contribution is -0.133. The van der Waals surface area contributed by atoms with E-state index in [1.807, 2.05) is 19.2 Å². The molecule has 0 unspecified atom stereocenters. The van der Waals surface area contributed by atoms with E-state index in [1.165, 1.54) is 18.2 Å². The molecule has 1 aliphatic carbocycles. The molecule has 1 saturated carbocycles. The molecule has 2 aromatic heterocycles. The second-order valence-corrected chi connectivity index (χ2v) is 6.59. The van der Waals surface area contributed by atoms with Crippen LogP contribution in [-0.2, 0) is 10.3 Å². The Balaban J connectivity index is 2.16. The number of aliphatic carboxylic acids is 1. The van der Waals surface area contributed by atoms with E-state index in [0.717, 1.165) is 41.1 Å². The monoisotopic (exact) mass is 305 g/mol. The highest BCUT2D eigenvalue weighted by Crippen LogP contribution is 2.46. The summed E-state index contributed by atoms with van der Waals surface area (Å²) in [6, 6.07) is 1.95. The quantitative estimate of drug-likeness (QED) is 0.859. The number of hydrogen-bond acceptors (Lipinski definition) is 4. The van der Waals surface area contributed by atoms with Crippen molar-refractivity contribution in [2.24, 2.45) is 0 Å². The first-order valence-electron chi connectivity index (χ1n) is 7.26. The number of imidazole rings is 1. The molecule has 0 amide bonds. The van der Waals surface area contributed by atoms with Crippen molar-refractivity contribution in [1.82, 2.24) is 14.5 Å². The number of carboxylic acids is 1. The molecule has 2 aromatic rings. The van der Waals surface area contributed by atoms with E-state index in [9.17, 15) is 4.79 Å². The fourth-order valence-corrected chi connectivity index (χ4v) is 3.86. The van der Waals surface area contributed by atoms with Crippen molar-refractivity contribution in [3.05, 3.63) is 17.8 Å². The summed E-state index contributed by atoms with van der Waals surface area (Å²) >= 11 is 1.29. The molecular weight excluding hydrogens is 286 g/mol. The molecule has 0 atom stereocenters. The number of carbonyl (C=O) groups is 1. The van der Waals surface area contributed by atoms with E-state index >= 15 is 0 Å². The standard InChI is InChI=1S/C15H19N3O2S/c1-3-15(6-4-7-15)18-13-12(10(2)5-8-16-13)17-14(18)21-9-11(19)20/h5,8H,3-4,6-7,9H2,1-2H3,(H,19,20). The molecule has 2 heterocycles. The molecule has 0 bridgehead atoms. The van der Waals surface area contributed by atoms with E-state index in [-0.39, 0.29) is 11.3 Å². The number of pyridine rings is 1. The minimum absolute atomic E-state index is 0.0299. The number of nitrogens with zero attached hydrogens (tertiary/aromatic N) is 3. The summed E-state index contributed by atoms with van der Waals surface area (Å²) < 4.78 is 2.20. The summed E-state index contributed by atoms with van der Waals surface area (Å²) in [6.45, 7) is 4.21. The van der Waals surface area contributed by atoms with Gasteiger partial charge in [0, 0.05) is 11.7 Å². The molecule has 1 aliphatic rings. The van der Waals surface area contributed by atoms with Crippen LogP contribution in [-0.4, -0.2) is 31.4 Å². The first-order valence-corrected chi connectivity index (χ1v) is 8.25. The lowest BCUT2D eigenvalue weighted by atomic mass is 9.74. The molecule has 0 spiro atoms. The van der Waals surface area contributed by atoms with E-state index in [2.05, 4.69) is 21.5 Å². The van der Waals surface area contributed by atoms with Crippen LogP contribution in [0.25, 0.3) is 11.2 Å².